The number of benzene rings is 1. The van der Waals surface area contributed by atoms with Gasteiger partial charge in [0.1, 0.15) is 5.82 Å². The van der Waals surface area contributed by atoms with E-state index in [9.17, 15) is 4.79 Å². The number of hydrogen-bond donors (Lipinski definition) is 2. The fourth-order valence-corrected chi connectivity index (χ4v) is 2.08. The average molecular weight is 272 g/mol. The molecule has 5 heteroatoms. The largest absolute Gasteiger partial charge is 0.478 e. The predicted octanol–water partition coefficient (Wildman–Crippen LogP) is 1.92. The molecule has 0 fully saturated rings. The Labute approximate surface area is 116 Å². The molecule has 2 N–H and O–H groups in total. The lowest BCUT2D eigenvalue weighted by atomic mass is 10.1. The number of carboxylic acid groups (broad SMARTS) is 1. The molecule has 2 aromatic rings. The van der Waals surface area contributed by atoms with Crippen LogP contribution in [0.4, 0.5) is 5.82 Å². The lowest BCUT2D eigenvalue weighted by molar-refractivity contribution is 0.0699. The van der Waals surface area contributed by atoms with E-state index in [4.69, 9.17) is 10.2 Å². The highest BCUT2D eigenvalue weighted by molar-refractivity contribution is 6.02. The molecule has 5 nitrogen and oxygen atoms in total. The van der Waals surface area contributed by atoms with Gasteiger partial charge in [-0.05, 0) is 24.3 Å². The zero-order valence-electron chi connectivity index (χ0n) is 11.0. The van der Waals surface area contributed by atoms with E-state index in [1.807, 2.05) is 4.90 Å². The molecule has 0 amide bonds. The second-order valence-electron chi connectivity index (χ2n) is 4.31. The van der Waals surface area contributed by atoms with Gasteiger partial charge in [-0.1, -0.05) is 12.1 Å². The van der Waals surface area contributed by atoms with Crippen LogP contribution in [-0.4, -0.2) is 40.9 Å². The maximum atomic E-state index is 11.2. The first kappa shape index (κ1) is 14.0. The van der Waals surface area contributed by atoms with Crippen molar-refractivity contribution in [3.8, 4) is 0 Å². The molecule has 0 aliphatic heterocycles. The number of pyridine rings is 1. The summed E-state index contributed by atoms with van der Waals surface area (Å²) in [6, 6.07) is 8.51. The first-order chi connectivity index (χ1) is 9.67. The van der Waals surface area contributed by atoms with Crippen molar-refractivity contribution in [1.29, 1.82) is 0 Å². The SMILES string of the molecule is C=CCN(CCO)c1ccc2c(C(=O)O)cccc2n1. The highest BCUT2D eigenvalue weighted by Gasteiger charge is 2.11. The number of nitrogens with zero attached hydrogens (tertiary/aromatic N) is 2. The highest BCUT2D eigenvalue weighted by atomic mass is 16.4. The number of hydrogen-bond acceptors (Lipinski definition) is 4. The Morgan fingerprint density at radius 3 is 2.80 bits per heavy atom. The van der Waals surface area contributed by atoms with Crippen LogP contribution < -0.4 is 4.90 Å². The van der Waals surface area contributed by atoms with Crippen LogP contribution in [0.15, 0.2) is 43.0 Å². The van der Waals surface area contributed by atoms with E-state index in [0.717, 1.165) is 0 Å². The second kappa shape index (κ2) is 6.16. The molecule has 0 radical (unpaired) electrons. The summed E-state index contributed by atoms with van der Waals surface area (Å²) < 4.78 is 0. The number of anilines is 1. The van der Waals surface area contributed by atoms with Gasteiger partial charge in [-0.2, -0.15) is 0 Å². The third kappa shape index (κ3) is 2.78. The Bertz CT molecular complexity index is 640. The van der Waals surface area contributed by atoms with Crippen LogP contribution in [0.1, 0.15) is 10.4 Å². The molecule has 0 atom stereocenters. The molecule has 0 unspecified atom stereocenters. The second-order valence-corrected chi connectivity index (χ2v) is 4.31. The third-order valence-electron chi connectivity index (χ3n) is 2.99. The summed E-state index contributed by atoms with van der Waals surface area (Å²) >= 11 is 0. The number of fused-ring (bicyclic) bond motifs is 1. The highest BCUT2D eigenvalue weighted by Crippen LogP contribution is 2.21. The van der Waals surface area contributed by atoms with E-state index in [2.05, 4.69) is 11.6 Å². The topological polar surface area (TPSA) is 73.7 Å². The van der Waals surface area contributed by atoms with Crippen LogP contribution in [-0.2, 0) is 0 Å². The predicted molar refractivity (Wildman–Crippen MR) is 78.2 cm³/mol. The zero-order chi connectivity index (χ0) is 14.5. The number of carbonyl (C=O) groups is 1. The normalized spacial score (nSPS) is 10.4. The van der Waals surface area contributed by atoms with Gasteiger partial charge in [0.15, 0.2) is 0 Å². The van der Waals surface area contributed by atoms with E-state index >= 15 is 0 Å². The first-order valence-electron chi connectivity index (χ1n) is 6.27. The molecule has 1 aromatic heterocycles. The molecule has 1 aromatic carbocycles. The summed E-state index contributed by atoms with van der Waals surface area (Å²) in [5, 5.41) is 18.8. The van der Waals surface area contributed by atoms with Crippen molar-refractivity contribution in [2.75, 3.05) is 24.6 Å². The molecule has 2 rings (SSSR count). The Kier molecular flexibility index (Phi) is 4.32. The molecular weight excluding hydrogens is 256 g/mol. The van der Waals surface area contributed by atoms with Crippen molar-refractivity contribution >= 4 is 22.7 Å². The van der Waals surface area contributed by atoms with Gasteiger partial charge in [-0.25, -0.2) is 9.78 Å². The number of aromatic nitrogens is 1. The number of carboxylic acids is 1. The molecule has 0 bridgehead atoms. The fraction of sp³-hybridized carbons (Fsp3) is 0.200. The Hall–Kier alpha value is -2.40. The van der Waals surface area contributed by atoms with Gasteiger partial charge in [-0.3, -0.25) is 0 Å². The lowest BCUT2D eigenvalue weighted by Crippen LogP contribution is -2.27. The maximum Gasteiger partial charge on any atom is 0.336 e. The average Bonchev–Trinajstić information content (AvgIpc) is 2.45. The molecule has 0 saturated carbocycles. The number of aromatic carboxylic acids is 1. The molecule has 104 valence electrons. The van der Waals surface area contributed by atoms with Gasteiger partial charge in [0, 0.05) is 18.5 Å². The van der Waals surface area contributed by atoms with Crippen molar-refractivity contribution < 1.29 is 15.0 Å². The molecule has 1 heterocycles. The van der Waals surface area contributed by atoms with Crippen LogP contribution in [0.3, 0.4) is 0 Å². The number of aliphatic hydroxyl groups is 1. The number of aliphatic hydroxyl groups excluding tert-OH is 1. The smallest absolute Gasteiger partial charge is 0.336 e. The molecule has 0 spiro atoms. The summed E-state index contributed by atoms with van der Waals surface area (Å²) in [6.07, 6.45) is 1.73. The molecule has 20 heavy (non-hydrogen) atoms. The van der Waals surface area contributed by atoms with Gasteiger partial charge in [0.05, 0.1) is 17.7 Å². The van der Waals surface area contributed by atoms with Crippen molar-refractivity contribution in [2.24, 2.45) is 0 Å². The summed E-state index contributed by atoms with van der Waals surface area (Å²) in [5.74, 6) is -0.280. The van der Waals surface area contributed by atoms with Crippen molar-refractivity contribution in [1.82, 2.24) is 4.98 Å². The Morgan fingerprint density at radius 1 is 1.35 bits per heavy atom. The summed E-state index contributed by atoms with van der Waals surface area (Å²) in [5.41, 5.74) is 0.855. The lowest BCUT2D eigenvalue weighted by Gasteiger charge is -2.21. The van der Waals surface area contributed by atoms with Crippen LogP contribution in [0.5, 0.6) is 0 Å². The summed E-state index contributed by atoms with van der Waals surface area (Å²) in [7, 11) is 0. The summed E-state index contributed by atoms with van der Waals surface area (Å²) in [6.45, 7) is 4.71. The minimum atomic E-state index is -0.969. The van der Waals surface area contributed by atoms with Gasteiger partial charge >= 0.3 is 5.97 Å². The maximum absolute atomic E-state index is 11.2. The van der Waals surface area contributed by atoms with Crippen molar-refractivity contribution in [3.63, 3.8) is 0 Å². The van der Waals surface area contributed by atoms with Crippen LogP contribution >= 0.6 is 0 Å². The quantitative estimate of drug-likeness (QED) is 0.786. The third-order valence-corrected chi connectivity index (χ3v) is 2.99. The van der Waals surface area contributed by atoms with E-state index in [-0.39, 0.29) is 12.2 Å². The van der Waals surface area contributed by atoms with Gasteiger partial charge in [-0.15, -0.1) is 6.58 Å². The van der Waals surface area contributed by atoms with E-state index in [1.54, 1.807) is 36.4 Å². The van der Waals surface area contributed by atoms with Crippen molar-refractivity contribution in [2.45, 2.75) is 0 Å². The van der Waals surface area contributed by atoms with Crippen molar-refractivity contribution in [3.05, 3.63) is 48.6 Å². The number of rotatable bonds is 6. The summed E-state index contributed by atoms with van der Waals surface area (Å²) in [4.78, 5) is 17.5. The minimum Gasteiger partial charge on any atom is -0.478 e. The van der Waals surface area contributed by atoms with Gasteiger partial charge < -0.3 is 15.1 Å². The molecule has 0 aliphatic carbocycles. The first-order valence-corrected chi connectivity index (χ1v) is 6.27. The fourth-order valence-electron chi connectivity index (χ4n) is 2.08. The van der Waals surface area contributed by atoms with Crippen LogP contribution in [0.2, 0.25) is 0 Å². The minimum absolute atomic E-state index is 0.0166. The molecular formula is C15H16N2O3. The van der Waals surface area contributed by atoms with E-state index in [1.165, 1.54) is 0 Å². The van der Waals surface area contributed by atoms with E-state index < -0.39 is 5.97 Å². The monoisotopic (exact) mass is 272 g/mol. The van der Waals surface area contributed by atoms with Crippen LogP contribution in [0.25, 0.3) is 10.9 Å². The van der Waals surface area contributed by atoms with Gasteiger partial charge in [0.25, 0.3) is 0 Å². The van der Waals surface area contributed by atoms with E-state index in [0.29, 0.717) is 29.8 Å². The Balaban J connectivity index is 2.48. The van der Waals surface area contributed by atoms with Gasteiger partial charge in [0.2, 0.25) is 0 Å². The molecule has 0 aliphatic rings. The van der Waals surface area contributed by atoms with Crippen LogP contribution in [0, 0.1) is 0 Å². The standard InChI is InChI=1S/C15H16N2O3/c1-2-8-17(9-10-18)14-7-6-11-12(15(19)20)4-3-5-13(11)16-14/h2-7,18H,1,8-10H2,(H,19,20). The Morgan fingerprint density at radius 2 is 2.15 bits per heavy atom. The zero-order valence-corrected chi connectivity index (χ0v) is 11.0. The molecule has 0 saturated heterocycles.